The Balaban J connectivity index is 2.05. The Morgan fingerprint density at radius 2 is 2.17 bits per heavy atom. The Hall–Kier alpha value is -0.690. The van der Waals surface area contributed by atoms with Crippen molar-refractivity contribution in [3.05, 3.63) is 11.1 Å². The predicted octanol–water partition coefficient (Wildman–Crippen LogP) is 1.84. The molecule has 7 heteroatoms. The van der Waals surface area contributed by atoms with Gasteiger partial charge in [0.1, 0.15) is 6.04 Å². The van der Waals surface area contributed by atoms with E-state index >= 15 is 0 Å². The van der Waals surface area contributed by atoms with E-state index in [0.717, 1.165) is 12.8 Å². The summed E-state index contributed by atoms with van der Waals surface area (Å²) in [6.07, 6.45) is 2.16. The molecule has 18 heavy (non-hydrogen) atoms. The molecule has 2 amide bonds. The van der Waals surface area contributed by atoms with E-state index in [1.807, 2.05) is 0 Å². The molecule has 2 N–H and O–H groups in total. The number of thioether (sulfide) groups is 1. The third-order valence-corrected chi connectivity index (χ3v) is 4.75. The highest BCUT2D eigenvalue weighted by Crippen LogP contribution is 2.45. The van der Waals surface area contributed by atoms with Crippen LogP contribution in [0.15, 0.2) is 11.1 Å². The number of aliphatic carboxylic acids is 1. The van der Waals surface area contributed by atoms with Crippen molar-refractivity contribution in [2.24, 2.45) is 5.92 Å². The van der Waals surface area contributed by atoms with Crippen LogP contribution in [0.4, 0.5) is 4.79 Å². The Labute approximate surface area is 118 Å². The van der Waals surface area contributed by atoms with Gasteiger partial charge in [0.05, 0.1) is 11.9 Å². The SMILES string of the molecule is C=C(Br)CNC(=O)N1C(C(=O)O)CSC1C1CC1. The zero-order chi connectivity index (χ0) is 13.3. The smallest absolute Gasteiger partial charge is 0.327 e. The van der Waals surface area contributed by atoms with Gasteiger partial charge in [-0.1, -0.05) is 22.5 Å². The molecule has 1 aliphatic heterocycles. The van der Waals surface area contributed by atoms with Crippen molar-refractivity contribution >= 4 is 39.7 Å². The van der Waals surface area contributed by atoms with Crippen LogP contribution in [0.25, 0.3) is 0 Å². The molecule has 2 aliphatic rings. The van der Waals surface area contributed by atoms with Gasteiger partial charge in [0.2, 0.25) is 0 Å². The van der Waals surface area contributed by atoms with E-state index in [2.05, 4.69) is 27.8 Å². The average molecular weight is 335 g/mol. The van der Waals surface area contributed by atoms with Gasteiger partial charge in [-0.15, -0.1) is 11.8 Å². The van der Waals surface area contributed by atoms with Gasteiger partial charge in [-0.3, -0.25) is 4.90 Å². The van der Waals surface area contributed by atoms with Gasteiger partial charge in [0, 0.05) is 10.2 Å². The van der Waals surface area contributed by atoms with Gasteiger partial charge in [0.15, 0.2) is 0 Å². The predicted molar refractivity (Wildman–Crippen MR) is 73.7 cm³/mol. The molecule has 0 aromatic carbocycles. The molecular formula is C11H15BrN2O3S. The number of nitrogens with zero attached hydrogens (tertiary/aromatic N) is 1. The molecule has 2 atom stereocenters. The monoisotopic (exact) mass is 334 g/mol. The summed E-state index contributed by atoms with van der Waals surface area (Å²) < 4.78 is 0.664. The van der Waals surface area contributed by atoms with Gasteiger partial charge in [-0.05, 0) is 18.8 Å². The van der Waals surface area contributed by atoms with Gasteiger partial charge < -0.3 is 10.4 Å². The molecule has 1 saturated heterocycles. The van der Waals surface area contributed by atoms with Crippen LogP contribution >= 0.6 is 27.7 Å². The van der Waals surface area contributed by atoms with Crippen LogP contribution in [-0.2, 0) is 4.79 Å². The first-order valence-electron chi connectivity index (χ1n) is 5.74. The maximum Gasteiger partial charge on any atom is 0.327 e. The normalized spacial score (nSPS) is 27.1. The molecule has 1 saturated carbocycles. The van der Waals surface area contributed by atoms with Crippen LogP contribution in [-0.4, -0.2) is 45.7 Å². The molecule has 0 spiro atoms. The zero-order valence-electron chi connectivity index (χ0n) is 9.76. The first-order valence-corrected chi connectivity index (χ1v) is 7.58. The molecule has 5 nitrogen and oxygen atoms in total. The Morgan fingerprint density at radius 3 is 2.67 bits per heavy atom. The van der Waals surface area contributed by atoms with Crippen molar-refractivity contribution in [2.75, 3.05) is 12.3 Å². The molecule has 100 valence electrons. The molecule has 0 bridgehead atoms. The number of hydrogen-bond acceptors (Lipinski definition) is 3. The van der Waals surface area contributed by atoms with Crippen LogP contribution in [0.2, 0.25) is 0 Å². The van der Waals surface area contributed by atoms with E-state index in [4.69, 9.17) is 5.11 Å². The minimum absolute atomic E-state index is 0.00897. The standard InChI is InChI=1S/C11H15BrN2O3S/c1-6(12)4-13-11(17)14-8(10(15)16)5-18-9(14)7-2-3-7/h7-9H,1-5H2,(H,13,17)(H,15,16). The van der Waals surface area contributed by atoms with Crippen LogP contribution in [0.5, 0.6) is 0 Å². The summed E-state index contributed by atoms with van der Waals surface area (Å²) in [4.78, 5) is 24.8. The van der Waals surface area contributed by atoms with Crippen LogP contribution < -0.4 is 5.32 Å². The van der Waals surface area contributed by atoms with E-state index < -0.39 is 12.0 Å². The van der Waals surface area contributed by atoms with Crippen LogP contribution in [0.1, 0.15) is 12.8 Å². The van der Waals surface area contributed by atoms with Gasteiger partial charge >= 0.3 is 12.0 Å². The molecular weight excluding hydrogens is 320 g/mol. The zero-order valence-corrected chi connectivity index (χ0v) is 12.2. The second-order valence-electron chi connectivity index (χ2n) is 4.50. The third kappa shape index (κ3) is 3.00. The highest BCUT2D eigenvalue weighted by atomic mass is 79.9. The summed E-state index contributed by atoms with van der Waals surface area (Å²) in [5.74, 6) is -0.00476. The summed E-state index contributed by atoms with van der Waals surface area (Å²) in [6, 6.07) is -1.03. The number of carboxylic acid groups (broad SMARTS) is 1. The van der Waals surface area contributed by atoms with Gasteiger partial charge in [0.25, 0.3) is 0 Å². The Morgan fingerprint density at radius 1 is 1.50 bits per heavy atom. The van der Waals surface area contributed by atoms with E-state index in [1.165, 1.54) is 4.90 Å². The van der Waals surface area contributed by atoms with Crippen LogP contribution in [0, 0.1) is 5.92 Å². The first-order chi connectivity index (χ1) is 8.50. The second kappa shape index (κ2) is 5.52. The molecule has 2 unspecified atom stereocenters. The number of halogens is 1. The van der Waals surface area contributed by atoms with E-state index in [-0.39, 0.29) is 11.4 Å². The third-order valence-electron chi connectivity index (χ3n) is 3.01. The summed E-state index contributed by atoms with van der Waals surface area (Å²) in [5.41, 5.74) is 0. The molecule has 2 fully saturated rings. The fourth-order valence-corrected chi connectivity index (χ4v) is 3.75. The van der Waals surface area contributed by atoms with E-state index in [0.29, 0.717) is 22.7 Å². The number of carboxylic acids is 1. The second-order valence-corrected chi connectivity index (χ2v) is 6.77. The number of hydrogen-bond donors (Lipinski definition) is 2. The minimum atomic E-state index is -0.932. The van der Waals surface area contributed by atoms with Crippen molar-refractivity contribution in [1.29, 1.82) is 0 Å². The fraction of sp³-hybridized carbons (Fsp3) is 0.636. The van der Waals surface area contributed by atoms with Gasteiger partial charge in [-0.25, -0.2) is 9.59 Å². The maximum atomic E-state index is 12.1. The maximum absolute atomic E-state index is 12.1. The van der Waals surface area contributed by atoms with Crippen molar-refractivity contribution in [3.63, 3.8) is 0 Å². The lowest BCUT2D eigenvalue weighted by molar-refractivity contribution is -0.141. The van der Waals surface area contributed by atoms with Crippen molar-refractivity contribution in [1.82, 2.24) is 10.2 Å². The van der Waals surface area contributed by atoms with Crippen molar-refractivity contribution < 1.29 is 14.7 Å². The summed E-state index contributed by atoms with van der Waals surface area (Å²) >= 11 is 4.73. The average Bonchev–Trinajstić information content (AvgIpc) is 3.04. The van der Waals surface area contributed by atoms with E-state index in [1.54, 1.807) is 11.8 Å². The lowest BCUT2D eigenvalue weighted by atomic mass is 10.2. The summed E-state index contributed by atoms with van der Waals surface area (Å²) in [5, 5.41) is 11.9. The lowest BCUT2D eigenvalue weighted by Gasteiger charge is -2.27. The largest absolute Gasteiger partial charge is 0.480 e. The summed E-state index contributed by atoms with van der Waals surface area (Å²) in [6.45, 7) is 3.95. The molecule has 0 aromatic rings. The van der Waals surface area contributed by atoms with Gasteiger partial charge in [-0.2, -0.15) is 0 Å². The molecule has 0 aromatic heterocycles. The number of urea groups is 1. The Kier molecular flexibility index (Phi) is 4.21. The molecule has 0 radical (unpaired) electrons. The summed E-state index contributed by atoms with van der Waals surface area (Å²) in [7, 11) is 0. The molecule has 1 heterocycles. The quantitative estimate of drug-likeness (QED) is 0.823. The van der Waals surface area contributed by atoms with Crippen LogP contribution in [0.3, 0.4) is 0 Å². The minimum Gasteiger partial charge on any atom is -0.480 e. The number of nitrogens with one attached hydrogen (secondary N) is 1. The van der Waals surface area contributed by atoms with Crippen molar-refractivity contribution in [3.8, 4) is 0 Å². The number of rotatable bonds is 4. The molecule has 2 rings (SSSR count). The van der Waals surface area contributed by atoms with Crippen molar-refractivity contribution in [2.45, 2.75) is 24.3 Å². The number of carbonyl (C=O) groups is 2. The number of amides is 2. The molecule has 1 aliphatic carbocycles. The highest BCUT2D eigenvalue weighted by Gasteiger charge is 2.48. The fourth-order valence-electron chi connectivity index (χ4n) is 1.98. The van der Waals surface area contributed by atoms with E-state index in [9.17, 15) is 9.59 Å². The highest BCUT2D eigenvalue weighted by molar-refractivity contribution is 9.11. The first kappa shape index (κ1) is 13.7. The lowest BCUT2D eigenvalue weighted by Crippen LogP contribution is -2.50. The topological polar surface area (TPSA) is 69.6 Å². The number of carbonyl (C=O) groups excluding carboxylic acids is 1. The Bertz CT molecular complexity index is 386.